The quantitative estimate of drug-likeness (QED) is 0.923. The van der Waals surface area contributed by atoms with Crippen LogP contribution in [0.2, 0.25) is 0 Å². The molecule has 3 rings (SSSR count). The third kappa shape index (κ3) is 3.77. The topological polar surface area (TPSA) is 59.4 Å². The van der Waals surface area contributed by atoms with E-state index in [9.17, 15) is 10.1 Å². The second kappa shape index (κ2) is 7.33. The van der Waals surface area contributed by atoms with E-state index in [1.165, 1.54) is 5.56 Å². The van der Waals surface area contributed by atoms with Gasteiger partial charge in [-0.2, -0.15) is 5.26 Å². The van der Waals surface area contributed by atoms with Crippen molar-refractivity contribution in [1.82, 2.24) is 9.80 Å². The molecule has 1 saturated carbocycles. The van der Waals surface area contributed by atoms with Crippen molar-refractivity contribution in [2.75, 3.05) is 38.5 Å². The van der Waals surface area contributed by atoms with Crippen molar-refractivity contribution < 1.29 is 4.79 Å². The number of nitrogens with one attached hydrogen (secondary N) is 1. The van der Waals surface area contributed by atoms with Gasteiger partial charge in [-0.05, 0) is 37.6 Å². The molecule has 1 saturated heterocycles. The molecule has 0 bridgehead atoms. The number of rotatable bonds is 4. The van der Waals surface area contributed by atoms with E-state index >= 15 is 0 Å². The lowest BCUT2D eigenvalue weighted by molar-refractivity contribution is -0.122. The fraction of sp³-hybridized carbons (Fsp3) is 0.579. The fourth-order valence-electron chi connectivity index (χ4n) is 3.63. The number of anilines is 1. The minimum Gasteiger partial charge on any atom is -0.325 e. The molecule has 5 nitrogen and oxygen atoms in total. The Hall–Kier alpha value is -1.90. The first kappa shape index (κ1) is 16.9. The predicted octanol–water partition coefficient (Wildman–Crippen LogP) is 2.46. The number of hydrogen-bond donors (Lipinski definition) is 1. The SMILES string of the molecule is CN1CCN(Cc2cccc(NC(=O)C3(C#N)CCCC3)c2)CC1. The second-order valence-corrected chi connectivity index (χ2v) is 7.13. The number of nitriles is 1. The van der Waals surface area contributed by atoms with E-state index in [1.807, 2.05) is 18.2 Å². The summed E-state index contributed by atoms with van der Waals surface area (Å²) in [5.41, 5.74) is 1.18. The van der Waals surface area contributed by atoms with Crippen LogP contribution < -0.4 is 5.32 Å². The number of hydrogen-bond acceptors (Lipinski definition) is 4. The third-order valence-electron chi connectivity index (χ3n) is 5.29. The van der Waals surface area contributed by atoms with Crippen molar-refractivity contribution in [3.8, 4) is 6.07 Å². The van der Waals surface area contributed by atoms with Crippen LogP contribution in [0.1, 0.15) is 31.2 Å². The van der Waals surface area contributed by atoms with Gasteiger partial charge in [0.25, 0.3) is 0 Å². The van der Waals surface area contributed by atoms with Crippen LogP contribution in [0.5, 0.6) is 0 Å². The number of nitrogens with zero attached hydrogens (tertiary/aromatic N) is 3. The van der Waals surface area contributed by atoms with Crippen LogP contribution in [0, 0.1) is 16.7 Å². The first-order chi connectivity index (χ1) is 11.6. The van der Waals surface area contributed by atoms with Gasteiger partial charge in [0.05, 0.1) is 6.07 Å². The lowest BCUT2D eigenvalue weighted by Crippen LogP contribution is -2.43. The molecule has 24 heavy (non-hydrogen) atoms. The van der Waals surface area contributed by atoms with Crippen LogP contribution in [0.3, 0.4) is 0 Å². The van der Waals surface area contributed by atoms with Gasteiger partial charge < -0.3 is 10.2 Å². The normalized spacial score (nSPS) is 21.3. The molecular formula is C19H26N4O. The van der Waals surface area contributed by atoms with Crippen LogP contribution in [-0.2, 0) is 11.3 Å². The molecule has 5 heteroatoms. The number of amides is 1. The maximum atomic E-state index is 12.6. The van der Waals surface area contributed by atoms with Crippen molar-refractivity contribution in [3.05, 3.63) is 29.8 Å². The van der Waals surface area contributed by atoms with Crippen molar-refractivity contribution in [2.45, 2.75) is 32.2 Å². The van der Waals surface area contributed by atoms with Crippen molar-refractivity contribution in [1.29, 1.82) is 5.26 Å². The lowest BCUT2D eigenvalue weighted by Gasteiger charge is -2.32. The van der Waals surface area contributed by atoms with Gasteiger partial charge in [-0.15, -0.1) is 0 Å². The van der Waals surface area contributed by atoms with Crippen LogP contribution in [0.4, 0.5) is 5.69 Å². The van der Waals surface area contributed by atoms with Gasteiger partial charge in [0, 0.05) is 38.4 Å². The number of piperazine rings is 1. The standard InChI is InChI=1S/C19H26N4O/c1-22-9-11-23(12-10-22)14-16-5-4-6-17(13-16)21-18(24)19(15-20)7-2-3-8-19/h4-6,13H,2-3,7-12,14H2,1H3,(H,21,24). The van der Waals surface area contributed by atoms with Crippen LogP contribution in [-0.4, -0.2) is 48.9 Å². The summed E-state index contributed by atoms with van der Waals surface area (Å²) in [6.45, 7) is 5.25. The predicted molar refractivity (Wildman–Crippen MR) is 94.4 cm³/mol. The van der Waals surface area contributed by atoms with Crippen LogP contribution >= 0.6 is 0 Å². The van der Waals surface area contributed by atoms with E-state index in [0.29, 0.717) is 12.8 Å². The molecule has 2 fully saturated rings. The number of carbonyl (C=O) groups is 1. The Morgan fingerprint density at radius 1 is 1.25 bits per heavy atom. The minimum absolute atomic E-state index is 0.140. The summed E-state index contributed by atoms with van der Waals surface area (Å²) in [7, 11) is 2.15. The Labute approximate surface area is 144 Å². The second-order valence-electron chi connectivity index (χ2n) is 7.13. The number of benzene rings is 1. The Morgan fingerprint density at radius 2 is 1.96 bits per heavy atom. The summed E-state index contributed by atoms with van der Waals surface area (Å²) in [6.07, 6.45) is 3.28. The maximum absolute atomic E-state index is 12.6. The molecule has 1 N–H and O–H groups in total. The zero-order chi connectivity index (χ0) is 17.0. The first-order valence-electron chi connectivity index (χ1n) is 8.84. The average molecular weight is 326 g/mol. The highest BCUT2D eigenvalue weighted by Crippen LogP contribution is 2.38. The monoisotopic (exact) mass is 326 g/mol. The number of carbonyl (C=O) groups excluding carboxylic acids is 1. The maximum Gasteiger partial charge on any atom is 0.244 e. The van der Waals surface area contributed by atoms with Gasteiger partial charge in [0.1, 0.15) is 5.41 Å². The Morgan fingerprint density at radius 3 is 2.62 bits per heavy atom. The van der Waals surface area contributed by atoms with E-state index in [4.69, 9.17) is 0 Å². The first-order valence-corrected chi connectivity index (χ1v) is 8.84. The van der Waals surface area contributed by atoms with Gasteiger partial charge in [0.2, 0.25) is 5.91 Å². The van der Waals surface area contributed by atoms with Gasteiger partial charge >= 0.3 is 0 Å². The molecular weight excluding hydrogens is 300 g/mol. The molecule has 1 aromatic rings. The number of likely N-dealkylation sites (N-methyl/N-ethyl adjacent to an activating group) is 1. The van der Waals surface area contributed by atoms with Gasteiger partial charge in [0.15, 0.2) is 0 Å². The minimum atomic E-state index is -0.826. The van der Waals surface area contributed by atoms with E-state index in [1.54, 1.807) is 0 Å². The Kier molecular flexibility index (Phi) is 5.17. The molecule has 0 unspecified atom stereocenters. The molecule has 1 aliphatic carbocycles. The molecule has 128 valence electrons. The fourth-order valence-corrected chi connectivity index (χ4v) is 3.63. The van der Waals surface area contributed by atoms with Gasteiger partial charge in [-0.1, -0.05) is 25.0 Å². The molecule has 1 heterocycles. The summed E-state index contributed by atoms with van der Waals surface area (Å²) in [4.78, 5) is 17.3. The summed E-state index contributed by atoms with van der Waals surface area (Å²) in [6, 6.07) is 10.3. The molecule has 2 aliphatic rings. The van der Waals surface area contributed by atoms with E-state index in [0.717, 1.165) is 51.3 Å². The summed E-state index contributed by atoms with van der Waals surface area (Å²) >= 11 is 0. The third-order valence-corrected chi connectivity index (χ3v) is 5.29. The highest BCUT2D eigenvalue weighted by molar-refractivity contribution is 5.97. The van der Waals surface area contributed by atoms with Crippen molar-refractivity contribution >= 4 is 11.6 Å². The van der Waals surface area contributed by atoms with E-state index < -0.39 is 5.41 Å². The average Bonchev–Trinajstić information content (AvgIpc) is 3.08. The largest absolute Gasteiger partial charge is 0.325 e. The Bertz CT molecular complexity index is 622. The van der Waals surface area contributed by atoms with Crippen molar-refractivity contribution in [3.63, 3.8) is 0 Å². The summed E-state index contributed by atoms with van der Waals surface area (Å²) in [5, 5.41) is 12.4. The molecule has 1 amide bonds. The molecule has 0 radical (unpaired) electrons. The van der Waals surface area contributed by atoms with Gasteiger partial charge in [-0.3, -0.25) is 9.69 Å². The van der Waals surface area contributed by atoms with Gasteiger partial charge in [-0.25, -0.2) is 0 Å². The highest BCUT2D eigenvalue weighted by Gasteiger charge is 2.41. The molecule has 1 aromatic carbocycles. The van der Waals surface area contributed by atoms with Crippen LogP contribution in [0.25, 0.3) is 0 Å². The highest BCUT2D eigenvalue weighted by atomic mass is 16.2. The zero-order valence-electron chi connectivity index (χ0n) is 14.4. The zero-order valence-corrected chi connectivity index (χ0v) is 14.4. The Balaban J connectivity index is 1.63. The summed E-state index contributed by atoms with van der Waals surface area (Å²) in [5.74, 6) is -0.140. The molecule has 0 aromatic heterocycles. The van der Waals surface area contributed by atoms with E-state index in [2.05, 4.69) is 34.3 Å². The van der Waals surface area contributed by atoms with E-state index in [-0.39, 0.29) is 5.91 Å². The smallest absolute Gasteiger partial charge is 0.244 e. The molecule has 1 aliphatic heterocycles. The molecule has 0 spiro atoms. The molecule has 0 atom stereocenters. The lowest BCUT2D eigenvalue weighted by atomic mass is 9.87. The van der Waals surface area contributed by atoms with Crippen LogP contribution in [0.15, 0.2) is 24.3 Å². The summed E-state index contributed by atoms with van der Waals surface area (Å²) < 4.78 is 0. The van der Waals surface area contributed by atoms with Crippen molar-refractivity contribution in [2.24, 2.45) is 5.41 Å².